The smallest absolute Gasteiger partial charge is 0.419 e. The molecule has 2 aromatic carbocycles. The fourth-order valence-corrected chi connectivity index (χ4v) is 5.94. The van der Waals surface area contributed by atoms with Crippen molar-refractivity contribution in [2.75, 3.05) is 26.2 Å². The minimum Gasteiger partial charge on any atom is -0.450 e. The first-order valence-corrected chi connectivity index (χ1v) is 11.8. The average molecular weight is 497 g/mol. The van der Waals surface area contributed by atoms with E-state index >= 15 is 0 Å². The van der Waals surface area contributed by atoms with E-state index in [4.69, 9.17) is 9.26 Å². The number of aryl methyl sites for hydroxylation is 1. The van der Waals surface area contributed by atoms with Crippen LogP contribution in [-0.2, 0) is 16.1 Å². The van der Waals surface area contributed by atoms with Crippen LogP contribution in [0, 0.1) is 10.1 Å². The molecule has 0 saturated carbocycles. The normalized spacial score (nSPS) is 17.6. The lowest BCUT2D eigenvalue weighted by Crippen LogP contribution is -2.25. The van der Waals surface area contributed by atoms with Crippen LogP contribution in [-0.4, -0.2) is 56.4 Å². The standard InChI is InChI=1S/C20H19F3N5O5P/c1-25-16-5-3-15(10-14(16)12-24-25)32-18-11-13(2-4-17(18)28(29)30)19(20(21,22)23)33-34(31,26-6-7-26)27-8-9-27/h2-5,10-12,19H,6-9H2,1H3. The molecule has 2 aliphatic heterocycles. The first-order valence-electron chi connectivity index (χ1n) is 10.3. The summed E-state index contributed by atoms with van der Waals surface area (Å²) in [6.07, 6.45) is -5.90. The number of alkyl halides is 3. The molecule has 0 bridgehead atoms. The molecule has 1 atom stereocenters. The van der Waals surface area contributed by atoms with Gasteiger partial charge in [-0.25, -0.2) is 9.34 Å². The number of hydrogen-bond donors (Lipinski definition) is 0. The highest BCUT2D eigenvalue weighted by molar-refractivity contribution is 7.54. The Bertz CT molecular complexity index is 1310. The molecule has 0 N–H and O–H groups in total. The molecule has 0 radical (unpaired) electrons. The lowest BCUT2D eigenvalue weighted by Gasteiger charge is -2.28. The van der Waals surface area contributed by atoms with Gasteiger partial charge < -0.3 is 4.74 Å². The van der Waals surface area contributed by atoms with Crippen molar-refractivity contribution < 1.29 is 31.9 Å². The Balaban J connectivity index is 1.51. The third-order valence-electron chi connectivity index (χ3n) is 5.53. The summed E-state index contributed by atoms with van der Waals surface area (Å²) < 4.78 is 70.6. The molecule has 10 nitrogen and oxygen atoms in total. The van der Waals surface area contributed by atoms with Gasteiger partial charge in [0.2, 0.25) is 5.75 Å². The molecule has 2 saturated heterocycles. The zero-order chi connectivity index (χ0) is 24.3. The fraction of sp³-hybridized carbons (Fsp3) is 0.350. The third kappa shape index (κ3) is 4.27. The minimum atomic E-state index is -4.91. The van der Waals surface area contributed by atoms with Crippen molar-refractivity contribution in [3.8, 4) is 11.5 Å². The maximum atomic E-state index is 14.0. The van der Waals surface area contributed by atoms with Gasteiger partial charge in [-0.3, -0.25) is 23.9 Å². The summed E-state index contributed by atoms with van der Waals surface area (Å²) in [5.41, 5.74) is -0.183. The number of hydrogen-bond acceptors (Lipinski definition) is 6. The van der Waals surface area contributed by atoms with Crippen molar-refractivity contribution in [2.45, 2.75) is 12.3 Å². The zero-order valence-electron chi connectivity index (χ0n) is 17.8. The van der Waals surface area contributed by atoms with E-state index in [1.165, 1.54) is 15.4 Å². The maximum absolute atomic E-state index is 14.0. The van der Waals surface area contributed by atoms with Crippen LogP contribution in [0.1, 0.15) is 11.7 Å². The maximum Gasteiger partial charge on any atom is 0.419 e. The van der Waals surface area contributed by atoms with Crippen LogP contribution < -0.4 is 4.74 Å². The second-order valence-electron chi connectivity index (χ2n) is 8.00. The molecule has 14 heteroatoms. The Morgan fingerprint density at radius 2 is 1.79 bits per heavy atom. The number of rotatable bonds is 8. The molecule has 0 amide bonds. The highest BCUT2D eigenvalue weighted by Crippen LogP contribution is 2.64. The third-order valence-corrected chi connectivity index (χ3v) is 8.25. The fourth-order valence-electron chi connectivity index (χ4n) is 3.61. The molecule has 2 aliphatic rings. The van der Waals surface area contributed by atoms with Crippen LogP contribution in [0.4, 0.5) is 18.9 Å². The lowest BCUT2D eigenvalue weighted by atomic mass is 10.1. The van der Waals surface area contributed by atoms with Crippen molar-refractivity contribution in [1.29, 1.82) is 0 Å². The summed E-state index contributed by atoms with van der Waals surface area (Å²) in [5, 5.41) is 16.3. The molecule has 0 aliphatic carbocycles. The summed E-state index contributed by atoms with van der Waals surface area (Å²) >= 11 is 0. The molecule has 2 fully saturated rings. The van der Waals surface area contributed by atoms with Gasteiger partial charge in [-0.2, -0.15) is 18.3 Å². The number of ether oxygens (including phenoxy) is 1. The summed E-state index contributed by atoms with van der Waals surface area (Å²) in [7, 11) is -2.09. The van der Waals surface area contributed by atoms with E-state index in [1.54, 1.807) is 30.1 Å². The van der Waals surface area contributed by atoms with Crippen LogP contribution in [0.25, 0.3) is 10.9 Å². The monoisotopic (exact) mass is 497 g/mol. The van der Waals surface area contributed by atoms with Crippen LogP contribution in [0.3, 0.4) is 0 Å². The highest BCUT2D eigenvalue weighted by Gasteiger charge is 2.55. The molecule has 1 aromatic heterocycles. The predicted molar refractivity (Wildman–Crippen MR) is 115 cm³/mol. The molecule has 1 unspecified atom stereocenters. The molecule has 0 spiro atoms. The van der Waals surface area contributed by atoms with E-state index in [0.29, 0.717) is 31.6 Å². The summed E-state index contributed by atoms with van der Waals surface area (Å²) in [6.45, 7) is 1.52. The van der Waals surface area contributed by atoms with Gasteiger partial charge in [0.05, 0.1) is 16.6 Å². The molecule has 3 aromatic rings. The Kier molecular flexibility index (Phi) is 5.40. The quantitative estimate of drug-likeness (QED) is 0.192. The minimum absolute atomic E-state index is 0.184. The van der Waals surface area contributed by atoms with Crippen molar-refractivity contribution in [3.63, 3.8) is 0 Å². The first kappa shape index (κ1) is 22.8. The number of halogens is 3. The number of aromatic nitrogens is 2. The molecular weight excluding hydrogens is 478 g/mol. The zero-order valence-corrected chi connectivity index (χ0v) is 18.7. The lowest BCUT2D eigenvalue weighted by molar-refractivity contribution is -0.385. The topological polar surface area (TPSA) is 103 Å². The van der Waals surface area contributed by atoms with Crippen LogP contribution in [0.5, 0.6) is 11.5 Å². The SMILES string of the molecule is Cn1ncc2cc(Oc3cc(C(OP(=O)(N4CC4)N4CC4)C(F)(F)F)ccc3[N+](=O)[O-])ccc21. The van der Waals surface area contributed by atoms with Gasteiger partial charge >= 0.3 is 19.5 Å². The van der Waals surface area contributed by atoms with Crippen molar-refractivity contribution in [3.05, 3.63) is 58.3 Å². The summed E-state index contributed by atoms with van der Waals surface area (Å²) in [6, 6.07) is 7.58. The number of benzene rings is 2. The van der Waals surface area contributed by atoms with Crippen molar-refractivity contribution in [1.82, 2.24) is 19.1 Å². The predicted octanol–water partition coefficient (Wildman–Crippen LogP) is 4.63. The Morgan fingerprint density at radius 3 is 2.38 bits per heavy atom. The van der Waals surface area contributed by atoms with Gasteiger partial charge in [-0.05, 0) is 35.9 Å². The van der Waals surface area contributed by atoms with Gasteiger partial charge in [0.25, 0.3) is 0 Å². The molecular formula is C20H19F3N5O5P. The van der Waals surface area contributed by atoms with Crippen molar-refractivity contribution >= 4 is 24.3 Å². The largest absolute Gasteiger partial charge is 0.450 e. The van der Waals surface area contributed by atoms with Gasteiger partial charge in [0, 0.05) is 44.7 Å². The first-order chi connectivity index (χ1) is 16.1. The summed E-state index contributed by atoms with van der Waals surface area (Å²) in [4.78, 5) is 10.8. The Morgan fingerprint density at radius 1 is 1.12 bits per heavy atom. The average Bonchev–Trinajstić information content (AvgIpc) is 3.68. The molecule has 3 heterocycles. The second kappa shape index (κ2) is 8.05. The van der Waals surface area contributed by atoms with Gasteiger partial charge in [-0.15, -0.1) is 0 Å². The second-order valence-corrected chi connectivity index (χ2v) is 10.3. The van der Waals surface area contributed by atoms with Gasteiger partial charge in [0.15, 0.2) is 6.10 Å². The van der Waals surface area contributed by atoms with Crippen molar-refractivity contribution in [2.24, 2.45) is 7.05 Å². The number of fused-ring (bicyclic) bond motifs is 1. The van der Waals surface area contributed by atoms with E-state index in [1.807, 2.05) is 0 Å². The number of nitrogens with zero attached hydrogens (tertiary/aromatic N) is 5. The van der Waals surface area contributed by atoms with E-state index in [9.17, 15) is 27.9 Å². The molecule has 5 rings (SSSR count). The highest BCUT2D eigenvalue weighted by atomic mass is 31.2. The molecule has 180 valence electrons. The Hall–Kier alpha value is -2.99. The van der Waals surface area contributed by atoms with Crippen LogP contribution in [0.2, 0.25) is 0 Å². The number of nitro benzene ring substituents is 1. The van der Waals surface area contributed by atoms with Crippen LogP contribution >= 0.6 is 7.67 Å². The Labute approximate surface area is 191 Å². The van der Waals surface area contributed by atoms with E-state index in [0.717, 1.165) is 23.7 Å². The summed E-state index contributed by atoms with van der Waals surface area (Å²) in [5.74, 6) is -0.207. The van der Waals surface area contributed by atoms with E-state index < -0.39 is 41.9 Å². The van der Waals surface area contributed by atoms with Gasteiger partial charge in [-0.1, -0.05) is 0 Å². The van der Waals surface area contributed by atoms with E-state index in [2.05, 4.69) is 5.10 Å². The molecule has 34 heavy (non-hydrogen) atoms. The van der Waals surface area contributed by atoms with E-state index in [-0.39, 0.29) is 5.75 Å². The van der Waals surface area contributed by atoms with Gasteiger partial charge in [0.1, 0.15) is 5.75 Å². The number of nitro groups is 1. The van der Waals surface area contributed by atoms with Crippen LogP contribution in [0.15, 0.2) is 42.6 Å².